The first kappa shape index (κ1) is 19.3. The van der Waals surface area contributed by atoms with E-state index in [1.165, 1.54) is 0 Å². The summed E-state index contributed by atoms with van der Waals surface area (Å²) in [5.74, 6) is 3.09. The lowest BCUT2D eigenvalue weighted by Crippen LogP contribution is -2.51. The number of nitrogens with one attached hydrogen (secondary N) is 1. The predicted octanol–water partition coefficient (Wildman–Crippen LogP) is 2.29. The minimum atomic E-state index is 0. The Labute approximate surface area is 164 Å². The van der Waals surface area contributed by atoms with Gasteiger partial charge in [0.25, 0.3) is 0 Å². The molecule has 1 aliphatic rings. The molecule has 1 aliphatic heterocycles. The van der Waals surface area contributed by atoms with Crippen molar-refractivity contribution in [1.29, 1.82) is 0 Å². The predicted molar refractivity (Wildman–Crippen MR) is 112 cm³/mol. The van der Waals surface area contributed by atoms with Crippen LogP contribution in [0.1, 0.15) is 19.7 Å². The molecule has 0 amide bonds. The first-order chi connectivity index (χ1) is 11.1. The van der Waals surface area contributed by atoms with E-state index in [4.69, 9.17) is 0 Å². The Morgan fingerprint density at radius 1 is 1.38 bits per heavy atom. The molecule has 2 aromatic rings. The van der Waals surface area contributed by atoms with Crippen LogP contribution in [0.4, 0.5) is 0 Å². The number of guanidine groups is 1. The van der Waals surface area contributed by atoms with Crippen LogP contribution in [0, 0.1) is 0 Å². The maximum Gasteiger partial charge on any atom is 0.193 e. The maximum absolute atomic E-state index is 4.44. The van der Waals surface area contributed by atoms with E-state index in [1.807, 2.05) is 47.6 Å². The molecule has 3 heterocycles. The third-order valence-electron chi connectivity index (χ3n) is 3.95. The second-order valence-electron chi connectivity index (χ2n) is 6.30. The van der Waals surface area contributed by atoms with Gasteiger partial charge in [0.1, 0.15) is 5.82 Å². The van der Waals surface area contributed by atoms with Crippen LogP contribution in [0.25, 0.3) is 5.65 Å². The number of thioether (sulfide) groups is 1. The molecule has 8 heteroatoms. The van der Waals surface area contributed by atoms with Gasteiger partial charge >= 0.3 is 0 Å². The first-order valence-electron chi connectivity index (χ1n) is 7.97. The van der Waals surface area contributed by atoms with Gasteiger partial charge in [-0.1, -0.05) is 6.07 Å². The third-order valence-corrected chi connectivity index (χ3v) is 5.25. The summed E-state index contributed by atoms with van der Waals surface area (Å²) in [7, 11) is 1.85. The van der Waals surface area contributed by atoms with Crippen molar-refractivity contribution in [3.63, 3.8) is 0 Å². The largest absolute Gasteiger partial charge is 0.356 e. The minimum absolute atomic E-state index is 0. The number of fused-ring (bicyclic) bond motifs is 1. The third kappa shape index (κ3) is 4.53. The van der Waals surface area contributed by atoms with Crippen molar-refractivity contribution in [1.82, 2.24) is 24.8 Å². The molecular weight excluding hydrogens is 435 g/mol. The minimum Gasteiger partial charge on any atom is -0.356 e. The second-order valence-corrected chi connectivity index (χ2v) is 8.10. The Kier molecular flexibility index (Phi) is 6.73. The Morgan fingerprint density at radius 3 is 2.96 bits per heavy atom. The van der Waals surface area contributed by atoms with E-state index in [0.717, 1.165) is 49.2 Å². The molecule has 0 bridgehead atoms. The molecular formula is C16H25IN6S. The van der Waals surface area contributed by atoms with Crippen LogP contribution in [0.15, 0.2) is 29.4 Å². The van der Waals surface area contributed by atoms with Gasteiger partial charge in [-0.05, 0) is 26.0 Å². The topological polar surface area (TPSA) is 57.8 Å². The van der Waals surface area contributed by atoms with Gasteiger partial charge in [0.15, 0.2) is 11.6 Å². The highest BCUT2D eigenvalue weighted by atomic mass is 127. The van der Waals surface area contributed by atoms with Gasteiger partial charge in [0.2, 0.25) is 0 Å². The monoisotopic (exact) mass is 460 g/mol. The van der Waals surface area contributed by atoms with E-state index in [2.05, 4.69) is 39.3 Å². The molecule has 3 rings (SSSR count). The van der Waals surface area contributed by atoms with Crippen molar-refractivity contribution in [3.8, 4) is 0 Å². The Balaban J connectivity index is 0.00000208. The van der Waals surface area contributed by atoms with Crippen LogP contribution in [-0.4, -0.2) is 62.6 Å². The smallest absolute Gasteiger partial charge is 0.193 e. The van der Waals surface area contributed by atoms with E-state index in [1.54, 1.807) is 0 Å². The molecule has 0 aromatic carbocycles. The zero-order valence-electron chi connectivity index (χ0n) is 14.4. The van der Waals surface area contributed by atoms with Gasteiger partial charge in [-0.25, -0.2) is 0 Å². The maximum atomic E-state index is 4.44. The summed E-state index contributed by atoms with van der Waals surface area (Å²) in [6.07, 6.45) is 2.82. The molecule has 0 aliphatic carbocycles. The van der Waals surface area contributed by atoms with Crippen LogP contribution in [0.2, 0.25) is 0 Å². The van der Waals surface area contributed by atoms with Crippen molar-refractivity contribution in [3.05, 3.63) is 30.2 Å². The lowest BCUT2D eigenvalue weighted by molar-refractivity contribution is 0.376. The average Bonchev–Trinajstić information content (AvgIpc) is 2.94. The lowest BCUT2D eigenvalue weighted by Gasteiger charge is -2.39. The van der Waals surface area contributed by atoms with E-state index >= 15 is 0 Å². The molecule has 24 heavy (non-hydrogen) atoms. The lowest BCUT2D eigenvalue weighted by atomic mass is 10.2. The molecule has 0 saturated carbocycles. The van der Waals surface area contributed by atoms with Crippen LogP contribution >= 0.6 is 35.7 Å². The zero-order chi connectivity index (χ0) is 16.3. The van der Waals surface area contributed by atoms with Gasteiger partial charge in [0, 0.05) is 49.8 Å². The van der Waals surface area contributed by atoms with Crippen LogP contribution < -0.4 is 5.32 Å². The standard InChI is InChI=1S/C16H24N6S.HI/c1-16(2)12-21(10-11-23-16)15(17-3)18-8-7-14-20-19-13-6-4-5-9-22(13)14;/h4-6,9H,7-8,10-12H2,1-3H3,(H,17,18);1H. The quantitative estimate of drug-likeness (QED) is 0.433. The summed E-state index contributed by atoms with van der Waals surface area (Å²) in [4.78, 5) is 6.78. The van der Waals surface area contributed by atoms with Gasteiger partial charge in [-0.2, -0.15) is 11.8 Å². The fourth-order valence-corrected chi connectivity index (χ4v) is 3.99. The fraction of sp³-hybridized carbons (Fsp3) is 0.562. The van der Waals surface area contributed by atoms with E-state index in [9.17, 15) is 0 Å². The molecule has 6 nitrogen and oxygen atoms in total. The number of hydrogen-bond acceptors (Lipinski definition) is 4. The molecule has 0 spiro atoms. The number of nitrogens with zero attached hydrogens (tertiary/aromatic N) is 5. The normalized spacial score (nSPS) is 17.6. The number of rotatable bonds is 3. The van der Waals surface area contributed by atoms with E-state index in [0.29, 0.717) is 0 Å². The molecule has 0 unspecified atom stereocenters. The Hall–Kier alpha value is -1.03. The number of pyridine rings is 1. The Morgan fingerprint density at radius 2 is 2.21 bits per heavy atom. The molecule has 1 saturated heterocycles. The highest BCUT2D eigenvalue weighted by Crippen LogP contribution is 2.29. The van der Waals surface area contributed by atoms with Crippen molar-refractivity contribution in [2.45, 2.75) is 25.0 Å². The second kappa shape index (κ2) is 8.37. The van der Waals surface area contributed by atoms with Crippen LogP contribution in [-0.2, 0) is 6.42 Å². The molecule has 132 valence electrons. The fourth-order valence-electron chi connectivity index (χ4n) is 2.88. The summed E-state index contributed by atoms with van der Waals surface area (Å²) in [5.41, 5.74) is 0.890. The van der Waals surface area contributed by atoms with Gasteiger partial charge in [-0.3, -0.25) is 9.39 Å². The van der Waals surface area contributed by atoms with E-state index in [-0.39, 0.29) is 28.7 Å². The number of aromatic nitrogens is 3. The summed E-state index contributed by atoms with van der Waals surface area (Å²) in [6.45, 7) is 7.44. The SMILES string of the molecule is CN=C(NCCc1nnc2ccccn12)N1CCSC(C)(C)C1.I. The van der Waals surface area contributed by atoms with Gasteiger partial charge in [-0.15, -0.1) is 34.2 Å². The zero-order valence-corrected chi connectivity index (χ0v) is 17.5. The highest BCUT2D eigenvalue weighted by Gasteiger charge is 2.28. The first-order valence-corrected chi connectivity index (χ1v) is 8.96. The van der Waals surface area contributed by atoms with Crippen molar-refractivity contribution in [2.24, 2.45) is 4.99 Å². The molecule has 0 atom stereocenters. The molecule has 0 radical (unpaired) electrons. The number of hydrogen-bond donors (Lipinski definition) is 1. The molecule has 1 N–H and O–H groups in total. The van der Waals surface area contributed by atoms with Crippen molar-refractivity contribution < 1.29 is 0 Å². The molecule has 1 fully saturated rings. The van der Waals surface area contributed by atoms with Gasteiger partial charge in [0.05, 0.1) is 0 Å². The number of halogens is 1. The summed E-state index contributed by atoms with van der Waals surface area (Å²) in [6, 6.07) is 5.94. The summed E-state index contributed by atoms with van der Waals surface area (Å²) < 4.78 is 2.31. The summed E-state index contributed by atoms with van der Waals surface area (Å²) in [5, 5.41) is 11.9. The van der Waals surface area contributed by atoms with Gasteiger partial charge < -0.3 is 10.2 Å². The molecule has 2 aromatic heterocycles. The highest BCUT2D eigenvalue weighted by molar-refractivity contribution is 14.0. The van der Waals surface area contributed by atoms with Crippen LogP contribution in [0.3, 0.4) is 0 Å². The average molecular weight is 460 g/mol. The van der Waals surface area contributed by atoms with Crippen molar-refractivity contribution in [2.75, 3.05) is 32.4 Å². The summed E-state index contributed by atoms with van der Waals surface area (Å²) >= 11 is 2.03. The van der Waals surface area contributed by atoms with Crippen molar-refractivity contribution >= 4 is 47.3 Å². The van der Waals surface area contributed by atoms with Crippen LogP contribution in [0.5, 0.6) is 0 Å². The number of aliphatic imine (C=N–C) groups is 1. The Bertz CT molecular complexity index is 699. The van der Waals surface area contributed by atoms with E-state index < -0.39 is 0 Å².